The number of thiocarbonyl (C=S) groups is 1. The third-order valence-electron chi connectivity index (χ3n) is 4.61. The zero-order valence-electron chi connectivity index (χ0n) is 13.8. The van der Waals surface area contributed by atoms with E-state index in [-0.39, 0.29) is 11.8 Å². The minimum absolute atomic E-state index is 0.0520. The van der Waals surface area contributed by atoms with E-state index in [2.05, 4.69) is 10.3 Å². The van der Waals surface area contributed by atoms with Crippen LogP contribution in [-0.2, 0) is 0 Å². The fourth-order valence-corrected chi connectivity index (χ4v) is 3.69. The van der Waals surface area contributed by atoms with Crippen molar-refractivity contribution in [3.8, 4) is 11.5 Å². The van der Waals surface area contributed by atoms with Crippen LogP contribution in [0.15, 0.2) is 47.5 Å². The normalized spacial score (nSPS) is 21.1. The van der Waals surface area contributed by atoms with Crippen molar-refractivity contribution in [3.63, 3.8) is 0 Å². The van der Waals surface area contributed by atoms with E-state index in [0.717, 1.165) is 16.8 Å². The molecule has 0 amide bonds. The zero-order chi connectivity index (χ0) is 17.6. The van der Waals surface area contributed by atoms with Crippen molar-refractivity contribution in [1.82, 2.24) is 5.32 Å². The SMILES string of the molecule is COc1cc(OC)cc(C2NC(=S)N=C3c4ccccc4C(=O)C32)c1. The smallest absolute Gasteiger partial charge is 0.193 e. The number of ether oxygens (including phenoxy) is 2. The first-order valence-electron chi connectivity index (χ1n) is 7.88. The highest BCUT2D eigenvalue weighted by Crippen LogP contribution is 2.39. The van der Waals surface area contributed by atoms with Crippen molar-refractivity contribution in [2.45, 2.75) is 6.04 Å². The van der Waals surface area contributed by atoms with Crippen molar-refractivity contribution >= 4 is 28.8 Å². The Hall–Kier alpha value is -2.73. The number of aliphatic imine (C=N–C) groups is 1. The first-order chi connectivity index (χ1) is 12.1. The van der Waals surface area contributed by atoms with E-state index in [0.29, 0.717) is 22.2 Å². The van der Waals surface area contributed by atoms with E-state index in [4.69, 9.17) is 21.7 Å². The zero-order valence-corrected chi connectivity index (χ0v) is 14.6. The Morgan fingerprint density at radius 3 is 2.32 bits per heavy atom. The molecule has 2 aliphatic rings. The van der Waals surface area contributed by atoms with E-state index in [9.17, 15) is 4.79 Å². The lowest BCUT2D eigenvalue weighted by molar-refractivity contribution is 0.0944. The van der Waals surface area contributed by atoms with Crippen LogP contribution in [0.25, 0.3) is 0 Å². The molecule has 0 aromatic heterocycles. The monoisotopic (exact) mass is 352 g/mol. The Labute approximate surface area is 150 Å². The number of carbonyl (C=O) groups excluding carboxylic acids is 1. The lowest BCUT2D eigenvalue weighted by atomic mass is 9.87. The molecule has 6 heteroatoms. The van der Waals surface area contributed by atoms with Crippen molar-refractivity contribution < 1.29 is 14.3 Å². The molecule has 2 aromatic carbocycles. The molecule has 0 saturated heterocycles. The number of benzene rings is 2. The van der Waals surface area contributed by atoms with Gasteiger partial charge in [0, 0.05) is 17.2 Å². The lowest BCUT2D eigenvalue weighted by Crippen LogP contribution is -2.41. The number of Topliss-reactive ketones (excluding diaryl/α,β-unsaturated/α-hetero) is 1. The minimum atomic E-state index is -0.416. The van der Waals surface area contributed by atoms with E-state index in [1.807, 2.05) is 36.4 Å². The maximum absolute atomic E-state index is 13.0. The van der Waals surface area contributed by atoms with Crippen LogP contribution >= 0.6 is 12.2 Å². The highest BCUT2D eigenvalue weighted by Gasteiger charge is 2.45. The van der Waals surface area contributed by atoms with Crippen LogP contribution < -0.4 is 14.8 Å². The van der Waals surface area contributed by atoms with Gasteiger partial charge in [0.1, 0.15) is 11.5 Å². The molecule has 1 aliphatic carbocycles. The molecule has 0 bridgehead atoms. The maximum atomic E-state index is 13.0. The van der Waals surface area contributed by atoms with Crippen LogP contribution in [0, 0.1) is 5.92 Å². The molecule has 1 N–H and O–H groups in total. The van der Waals surface area contributed by atoms with Crippen LogP contribution in [0.2, 0.25) is 0 Å². The number of nitrogens with one attached hydrogen (secondary N) is 1. The lowest BCUT2D eigenvalue weighted by Gasteiger charge is -2.29. The number of hydrogen-bond donors (Lipinski definition) is 1. The van der Waals surface area contributed by atoms with Crippen LogP contribution in [0.3, 0.4) is 0 Å². The average Bonchev–Trinajstić information content (AvgIpc) is 2.93. The summed E-state index contributed by atoms with van der Waals surface area (Å²) in [6.07, 6.45) is 0. The molecular weight excluding hydrogens is 336 g/mol. The van der Waals surface area contributed by atoms with Crippen molar-refractivity contribution in [2.75, 3.05) is 14.2 Å². The molecule has 0 fully saturated rings. The molecule has 0 saturated carbocycles. The predicted molar refractivity (Wildman–Crippen MR) is 98.8 cm³/mol. The van der Waals surface area contributed by atoms with E-state index < -0.39 is 5.92 Å². The topological polar surface area (TPSA) is 59.9 Å². The number of nitrogens with zero attached hydrogens (tertiary/aromatic N) is 1. The van der Waals surface area contributed by atoms with Crippen LogP contribution in [-0.4, -0.2) is 30.8 Å². The van der Waals surface area contributed by atoms with Gasteiger partial charge in [0.25, 0.3) is 0 Å². The summed E-state index contributed by atoms with van der Waals surface area (Å²) in [6, 6.07) is 12.8. The summed E-state index contributed by atoms with van der Waals surface area (Å²) in [5, 5.41) is 3.56. The maximum Gasteiger partial charge on any atom is 0.193 e. The Morgan fingerprint density at radius 2 is 1.68 bits per heavy atom. The van der Waals surface area contributed by atoms with Gasteiger partial charge < -0.3 is 14.8 Å². The van der Waals surface area contributed by atoms with Crippen molar-refractivity contribution in [2.24, 2.45) is 10.9 Å². The molecule has 4 rings (SSSR count). The number of rotatable bonds is 3. The Bertz CT molecular complexity index is 900. The number of carbonyl (C=O) groups is 1. The van der Waals surface area contributed by atoms with Crippen molar-refractivity contribution in [3.05, 3.63) is 59.2 Å². The van der Waals surface area contributed by atoms with Gasteiger partial charge >= 0.3 is 0 Å². The fraction of sp³-hybridized carbons (Fsp3) is 0.211. The highest BCUT2D eigenvalue weighted by atomic mass is 32.1. The summed E-state index contributed by atoms with van der Waals surface area (Å²) in [5.74, 6) is 0.959. The molecule has 2 aromatic rings. The third kappa shape index (κ3) is 2.49. The van der Waals surface area contributed by atoms with Gasteiger partial charge in [-0.2, -0.15) is 0 Å². The Balaban J connectivity index is 1.85. The largest absolute Gasteiger partial charge is 0.497 e. The second-order valence-corrected chi connectivity index (χ2v) is 6.34. The molecular formula is C19H16N2O3S. The van der Waals surface area contributed by atoms with Gasteiger partial charge in [-0.3, -0.25) is 4.79 Å². The summed E-state index contributed by atoms with van der Waals surface area (Å²) in [6.45, 7) is 0. The van der Waals surface area contributed by atoms with E-state index >= 15 is 0 Å². The second-order valence-electron chi connectivity index (χ2n) is 5.96. The molecule has 0 radical (unpaired) electrons. The van der Waals surface area contributed by atoms with E-state index in [1.54, 1.807) is 20.3 Å². The number of hydrogen-bond acceptors (Lipinski definition) is 4. The standard InChI is InChI=1S/C19H16N2O3S/c1-23-11-7-10(8-12(9-11)24-2)16-15-17(21-19(25)20-16)13-5-3-4-6-14(13)18(15)22/h3-9,15-16H,1-2H3,(H,20,25). The summed E-state index contributed by atoms with van der Waals surface area (Å²) >= 11 is 5.32. The summed E-state index contributed by atoms with van der Waals surface area (Å²) in [5.41, 5.74) is 3.16. The summed E-state index contributed by atoms with van der Waals surface area (Å²) in [4.78, 5) is 17.5. The minimum Gasteiger partial charge on any atom is -0.497 e. The first-order valence-corrected chi connectivity index (χ1v) is 8.29. The van der Waals surface area contributed by atoms with Gasteiger partial charge in [0.15, 0.2) is 10.9 Å². The van der Waals surface area contributed by atoms with Crippen LogP contribution in [0.4, 0.5) is 0 Å². The Morgan fingerprint density at radius 1 is 1.04 bits per heavy atom. The first kappa shape index (κ1) is 15.8. The number of fused-ring (bicyclic) bond motifs is 3. The fourth-order valence-electron chi connectivity index (χ4n) is 3.46. The van der Waals surface area contributed by atoms with Gasteiger partial charge in [-0.1, -0.05) is 24.3 Å². The quantitative estimate of drug-likeness (QED) is 0.861. The second kappa shape index (κ2) is 5.97. The van der Waals surface area contributed by atoms with Gasteiger partial charge in [0.05, 0.1) is 31.9 Å². The summed E-state index contributed by atoms with van der Waals surface area (Å²) < 4.78 is 10.7. The number of ketones is 1. The molecule has 5 nitrogen and oxygen atoms in total. The van der Waals surface area contributed by atoms with E-state index in [1.165, 1.54) is 0 Å². The highest BCUT2D eigenvalue weighted by molar-refractivity contribution is 7.80. The molecule has 25 heavy (non-hydrogen) atoms. The van der Waals surface area contributed by atoms with Gasteiger partial charge in [-0.25, -0.2) is 4.99 Å². The number of methoxy groups -OCH3 is 2. The van der Waals surface area contributed by atoms with Crippen LogP contribution in [0.1, 0.15) is 27.5 Å². The molecule has 2 unspecified atom stereocenters. The third-order valence-corrected chi connectivity index (χ3v) is 4.82. The molecule has 1 aliphatic heterocycles. The van der Waals surface area contributed by atoms with Gasteiger partial charge in [0.2, 0.25) is 0 Å². The Kier molecular flexibility index (Phi) is 3.77. The molecule has 126 valence electrons. The summed E-state index contributed by atoms with van der Waals surface area (Å²) in [7, 11) is 3.20. The molecule has 1 heterocycles. The predicted octanol–water partition coefficient (Wildman–Crippen LogP) is 2.93. The van der Waals surface area contributed by atoms with Gasteiger partial charge in [-0.05, 0) is 29.9 Å². The van der Waals surface area contributed by atoms with Gasteiger partial charge in [-0.15, -0.1) is 0 Å². The van der Waals surface area contributed by atoms with Crippen molar-refractivity contribution in [1.29, 1.82) is 0 Å². The molecule has 2 atom stereocenters. The van der Waals surface area contributed by atoms with Crippen LogP contribution in [0.5, 0.6) is 11.5 Å². The molecule has 0 spiro atoms. The average molecular weight is 352 g/mol.